The maximum atomic E-state index is 6.18. The van der Waals surface area contributed by atoms with Crippen molar-refractivity contribution in [3.63, 3.8) is 0 Å². The molecule has 0 aliphatic carbocycles. The first-order valence-electron chi connectivity index (χ1n) is 6.41. The van der Waals surface area contributed by atoms with Crippen molar-refractivity contribution in [2.75, 3.05) is 6.61 Å². The van der Waals surface area contributed by atoms with E-state index >= 15 is 0 Å². The summed E-state index contributed by atoms with van der Waals surface area (Å²) in [5, 5.41) is 4.11. The first-order chi connectivity index (χ1) is 9.67. The summed E-state index contributed by atoms with van der Waals surface area (Å²) in [6, 6.07) is 3.34. The number of ether oxygens (including phenoxy) is 1. The quantitative estimate of drug-likeness (QED) is 0.742. The first kappa shape index (κ1) is 12.6. The van der Waals surface area contributed by atoms with Gasteiger partial charge < -0.3 is 15.5 Å². The lowest BCUT2D eigenvalue weighted by atomic mass is 10.2. The summed E-state index contributed by atoms with van der Waals surface area (Å²) in [6.45, 7) is 2.49. The minimum Gasteiger partial charge on any atom is -0.478 e. The fraction of sp³-hybridized carbons (Fsp3) is 0.308. The Labute approximate surface area is 115 Å². The standard InChI is InChI=1S/C13H16N6O/c1-3-20-10-5-4-9-12(17-10)18-13(16-9)11(14)8-6-15-19(2)7-8/h4-7,11H,3,14H2,1-2H3,(H,16,17,18). The highest BCUT2D eigenvalue weighted by molar-refractivity contribution is 5.71. The number of aryl methyl sites for hydroxylation is 1. The molecule has 0 aliphatic rings. The highest BCUT2D eigenvalue weighted by Gasteiger charge is 2.16. The molecule has 1 atom stereocenters. The summed E-state index contributed by atoms with van der Waals surface area (Å²) in [6.07, 6.45) is 3.60. The molecule has 104 valence electrons. The van der Waals surface area contributed by atoms with Crippen molar-refractivity contribution < 1.29 is 4.74 Å². The van der Waals surface area contributed by atoms with E-state index in [2.05, 4.69) is 20.1 Å². The average Bonchev–Trinajstić information content (AvgIpc) is 3.04. The number of aromatic nitrogens is 5. The zero-order valence-corrected chi connectivity index (χ0v) is 11.4. The molecular weight excluding hydrogens is 256 g/mol. The van der Waals surface area contributed by atoms with Gasteiger partial charge in [-0.05, 0) is 13.0 Å². The molecule has 0 aliphatic heterocycles. The maximum Gasteiger partial charge on any atom is 0.215 e. The number of hydrogen-bond acceptors (Lipinski definition) is 5. The highest BCUT2D eigenvalue weighted by Crippen LogP contribution is 2.20. The van der Waals surface area contributed by atoms with Crippen molar-refractivity contribution in [2.45, 2.75) is 13.0 Å². The lowest BCUT2D eigenvalue weighted by Gasteiger charge is -2.04. The number of fused-ring (bicyclic) bond motifs is 1. The molecule has 0 saturated carbocycles. The molecule has 0 saturated heterocycles. The second-order valence-corrected chi connectivity index (χ2v) is 4.50. The van der Waals surface area contributed by atoms with Crippen molar-refractivity contribution in [3.05, 3.63) is 35.9 Å². The van der Waals surface area contributed by atoms with Crippen molar-refractivity contribution in [3.8, 4) is 5.88 Å². The number of nitrogens with zero attached hydrogens (tertiary/aromatic N) is 4. The van der Waals surface area contributed by atoms with Crippen LogP contribution >= 0.6 is 0 Å². The van der Waals surface area contributed by atoms with Crippen LogP contribution < -0.4 is 10.5 Å². The molecule has 7 nitrogen and oxygen atoms in total. The molecule has 0 amide bonds. The van der Waals surface area contributed by atoms with Crippen molar-refractivity contribution in [1.82, 2.24) is 24.7 Å². The van der Waals surface area contributed by atoms with Gasteiger partial charge in [-0.2, -0.15) is 10.1 Å². The van der Waals surface area contributed by atoms with Gasteiger partial charge in [0.05, 0.1) is 24.4 Å². The second kappa shape index (κ2) is 4.93. The monoisotopic (exact) mass is 272 g/mol. The van der Waals surface area contributed by atoms with Crippen LogP contribution in [0.15, 0.2) is 24.5 Å². The molecule has 0 aromatic carbocycles. The van der Waals surface area contributed by atoms with Crippen LogP contribution in [0.2, 0.25) is 0 Å². The Bertz CT molecular complexity index is 731. The lowest BCUT2D eigenvalue weighted by Crippen LogP contribution is -2.12. The zero-order chi connectivity index (χ0) is 14.1. The van der Waals surface area contributed by atoms with E-state index in [1.165, 1.54) is 0 Å². The van der Waals surface area contributed by atoms with Crippen LogP contribution in [-0.2, 0) is 7.05 Å². The Balaban J connectivity index is 1.95. The molecule has 1 unspecified atom stereocenters. The third-order valence-corrected chi connectivity index (χ3v) is 3.01. The van der Waals surface area contributed by atoms with E-state index in [-0.39, 0.29) is 6.04 Å². The minimum absolute atomic E-state index is 0.353. The van der Waals surface area contributed by atoms with E-state index in [9.17, 15) is 0 Å². The molecule has 3 rings (SSSR count). The van der Waals surface area contributed by atoms with Gasteiger partial charge in [0.1, 0.15) is 5.82 Å². The number of H-pyrrole nitrogens is 1. The third kappa shape index (κ3) is 2.23. The predicted octanol–water partition coefficient (Wildman–Crippen LogP) is 1.14. The van der Waals surface area contributed by atoms with Crippen molar-refractivity contribution in [2.24, 2.45) is 12.8 Å². The van der Waals surface area contributed by atoms with E-state index in [1.807, 2.05) is 32.3 Å². The number of nitrogens with one attached hydrogen (secondary N) is 1. The Hall–Kier alpha value is -2.41. The maximum absolute atomic E-state index is 6.18. The molecule has 3 heterocycles. The van der Waals surface area contributed by atoms with Gasteiger partial charge in [0.25, 0.3) is 0 Å². The summed E-state index contributed by atoms with van der Waals surface area (Å²) < 4.78 is 7.07. The van der Waals surface area contributed by atoms with Crippen LogP contribution in [0.5, 0.6) is 5.88 Å². The summed E-state index contributed by atoms with van der Waals surface area (Å²) >= 11 is 0. The molecule has 3 aromatic rings. The summed E-state index contributed by atoms with van der Waals surface area (Å²) in [7, 11) is 1.85. The SMILES string of the molecule is CCOc1ccc2[nH]c(C(N)c3cnn(C)c3)nc2n1. The molecule has 3 aromatic heterocycles. The Morgan fingerprint density at radius 1 is 1.40 bits per heavy atom. The van der Waals surface area contributed by atoms with Gasteiger partial charge in [0.2, 0.25) is 5.88 Å². The number of imidazole rings is 1. The van der Waals surface area contributed by atoms with E-state index < -0.39 is 0 Å². The largest absolute Gasteiger partial charge is 0.478 e. The molecule has 0 bridgehead atoms. The number of nitrogens with two attached hydrogens (primary N) is 1. The van der Waals surface area contributed by atoms with Gasteiger partial charge in [0, 0.05) is 24.9 Å². The Morgan fingerprint density at radius 3 is 2.95 bits per heavy atom. The zero-order valence-electron chi connectivity index (χ0n) is 11.4. The number of pyridine rings is 1. The van der Waals surface area contributed by atoms with E-state index in [0.29, 0.717) is 24.0 Å². The van der Waals surface area contributed by atoms with Crippen LogP contribution in [0.4, 0.5) is 0 Å². The van der Waals surface area contributed by atoms with Crippen LogP contribution in [0.25, 0.3) is 11.2 Å². The average molecular weight is 272 g/mol. The molecule has 20 heavy (non-hydrogen) atoms. The van der Waals surface area contributed by atoms with Gasteiger partial charge in [0.15, 0.2) is 5.65 Å². The van der Waals surface area contributed by atoms with Crippen molar-refractivity contribution in [1.29, 1.82) is 0 Å². The van der Waals surface area contributed by atoms with Crippen molar-refractivity contribution >= 4 is 11.2 Å². The minimum atomic E-state index is -0.353. The molecular formula is C13H16N6O. The number of rotatable bonds is 4. The predicted molar refractivity (Wildman–Crippen MR) is 74.3 cm³/mol. The highest BCUT2D eigenvalue weighted by atomic mass is 16.5. The summed E-state index contributed by atoms with van der Waals surface area (Å²) in [5.41, 5.74) is 8.52. The fourth-order valence-electron chi connectivity index (χ4n) is 2.03. The van der Waals surface area contributed by atoms with Crippen LogP contribution in [-0.4, -0.2) is 31.3 Å². The fourth-order valence-corrected chi connectivity index (χ4v) is 2.03. The van der Waals surface area contributed by atoms with Gasteiger partial charge >= 0.3 is 0 Å². The topological polar surface area (TPSA) is 94.6 Å². The third-order valence-electron chi connectivity index (χ3n) is 3.01. The smallest absolute Gasteiger partial charge is 0.215 e. The van der Waals surface area contributed by atoms with Gasteiger partial charge in [-0.15, -0.1) is 0 Å². The summed E-state index contributed by atoms with van der Waals surface area (Å²) in [5.74, 6) is 1.22. The number of aromatic amines is 1. The molecule has 7 heteroatoms. The van der Waals surface area contributed by atoms with Gasteiger partial charge in [-0.1, -0.05) is 0 Å². The molecule has 0 spiro atoms. The van der Waals surface area contributed by atoms with Gasteiger partial charge in [-0.3, -0.25) is 4.68 Å². The van der Waals surface area contributed by atoms with E-state index in [1.54, 1.807) is 10.9 Å². The van der Waals surface area contributed by atoms with E-state index in [4.69, 9.17) is 10.5 Å². The Morgan fingerprint density at radius 2 is 2.25 bits per heavy atom. The normalized spacial score (nSPS) is 12.8. The molecule has 0 fully saturated rings. The number of hydrogen-bond donors (Lipinski definition) is 2. The van der Waals surface area contributed by atoms with E-state index in [0.717, 1.165) is 11.1 Å². The summed E-state index contributed by atoms with van der Waals surface area (Å²) in [4.78, 5) is 11.9. The van der Waals surface area contributed by atoms with Crippen LogP contribution in [0.1, 0.15) is 24.4 Å². The second-order valence-electron chi connectivity index (χ2n) is 4.50. The van der Waals surface area contributed by atoms with Crippen LogP contribution in [0.3, 0.4) is 0 Å². The lowest BCUT2D eigenvalue weighted by molar-refractivity contribution is 0.328. The Kier molecular flexibility index (Phi) is 3.11. The van der Waals surface area contributed by atoms with Gasteiger partial charge in [-0.25, -0.2) is 4.98 Å². The van der Waals surface area contributed by atoms with Crippen LogP contribution in [0, 0.1) is 0 Å². The molecule has 3 N–H and O–H groups in total. The first-order valence-corrected chi connectivity index (χ1v) is 6.41. The molecule has 0 radical (unpaired) electrons.